The third-order valence-electron chi connectivity index (χ3n) is 2.23. The first kappa shape index (κ1) is 6.59. The number of carbonyl (C=O) groups is 1. The summed E-state index contributed by atoms with van der Waals surface area (Å²) in [4.78, 5) is 10.1. The molecule has 1 N–H and O–H groups in total. The number of aliphatic carboxylic acids is 1. The first-order chi connectivity index (χ1) is 4.20. The fraction of sp³-hybridized carbons (Fsp3) is 0.857. The number of rotatable bonds is 2. The summed E-state index contributed by atoms with van der Waals surface area (Å²) in [7, 11) is 0. The minimum absolute atomic E-state index is 0.376. The van der Waals surface area contributed by atoms with Gasteiger partial charge in [-0.05, 0) is 18.3 Å². The van der Waals surface area contributed by atoms with E-state index in [0.29, 0.717) is 18.3 Å². The fourth-order valence-electron chi connectivity index (χ4n) is 1.26. The van der Waals surface area contributed by atoms with Gasteiger partial charge in [0.15, 0.2) is 0 Å². The molecule has 9 heavy (non-hydrogen) atoms. The zero-order valence-electron chi connectivity index (χ0n) is 5.63. The second-order valence-corrected chi connectivity index (χ2v) is 2.91. The van der Waals surface area contributed by atoms with Crippen molar-refractivity contribution in [2.24, 2.45) is 11.8 Å². The van der Waals surface area contributed by atoms with Crippen molar-refractivity contribution in [1.82, 2.24) is 0 Å². The molecule has 0 spiro atoms. The van der Waals surface area contributed by atoms with Crippen LogP contribution in [-0.4, -0.2) is 11.1 Å². The molecule has 0 bridgehead atoms. The van der Waals surface area contributed by atoms with Crippen LogP contribution in [0, 0.1) is 11.8 Å². The summed E-state index contributed by atoms with van der Waals surface area (Å²) in [6.45, 7) is 2.12. The number of carboxylic acid groups (broad SMARTS) is 1. The highest BCUT2D eigenvalue weighted by Crippen LogP contribution is 2.35. The number of carboxylic acids is 1. The molecular weight excluding hydrogens is 116 g/mol. The molecule has 1 rings (SSSR count). The van der Waals surface area contributed by atoms with Crippen LogP contribution in [0.2, 0.25) is 0 Å². The van der Waals surface area contributed by atoms with Gasteiger partial charge in [-0.15, -0.1) is 0 Å². The van der Waals surface area contributed by atoms with Crippen LogP contribution in [0.1, 0.15) is 26.2 Å². The molecular formula is C7H12O2. The summed E-state index contributed by atoms with van der Waals surface area (Å²) >= 11 is 0. The molecule has 0 saturated heterocycles. The van der Waals surface area contributed by atoms with Crippen LogP contribution in [0.15, 0.2) is 0 Å². The second-order valence-electron chi connectivity index (χ2n) is 2.91. The van der Waals surface area contributed by atoms with E-state index in [9.17, 15) is 4.79 Å². The Balaban J connectivity index is 2.21. The molecule has 0 aliphatic heterocycles. The molecule has 0 radical (unpaired) electrons. The first-order valence-electron chi connectivity index (χ1n) is 3.42. The summed E-state index contributed by atoms with van der Waals surface area (Å²) in [5, 5.41) is 8.37. The van der Waals surface area contributed by atoms with Gasteiger partial charge in [0.1, 0.15) is 0 Å². The molecule has 0 aromatic rings. The summed E-state index contributed by atoms with van der Waals surface area (Å²) in [6.07, 6.45) is 2.71. The van der Waals surface area contributed by atoms with Crippen molar-refractivity contribution in [3.63, 3.8) is 0 Å². The van der Waals surface area contributed by atoms with E-state index in [0.717, 1.165) is 6.42 Å². The standard InChI is InChI=1S/C7H12O2/c1-5-2-3-6(5)4-7(8)9/h5-6H,2-4H2,1H3,(H,8,9). The fourth-order valence-corrected chi connectivity index (χ4v) is 1.26. The van der Waals surface area contributed by atoms with E-state index < -0.39 is 5.97 Å². The van der Waals surface area contributed by atoms with Crippen LogP contribution >= 0.6 is 0 Å². The van der Waals surface area contributed by atoms with Gasteiger partial charge < -0.3 is 5.11 Å². The molecule has 0 aromatic heterocycles. The van der Waals surface area contributed by atoms with Gasteiger partial charge >= 0.3 is 5.97 Å². The van der Waals surface area contributed by atoms with Gasteiger partial charge in [0, 0.05) is 6.42 Å². The molecule has 0 aromatic carbocycles. The third kappa shape index (κ3) is 1.44. The average Bonchev–Trinajstić information content (AvgIpc) is 1.79. The smallest absolute Gasteiger partial charge is 0.303 e. The van der Waals surface area contributed by atoms with E-state index in [4.69, 9.17) is 5.11 Å². The van der Waals surface area contributed by atoms with Crippen molar-refractivity contribution in [2.75, 3.05) is 0 Å². The molecule has 2 nitrogen and oxygen atoms in total. The lowest BCUT2D eigenvalue weighted by molar-refractivity contribution is -0.139. The molecule has 1 saturated carbocycles. The van der Waals surface area contributed by atoms with Crippen molar-refractivity contribution in [2.45, 2.75) is 26.2 Å². The van der Waals surface area contributed by atoms with Crippen molar-refractivity contribution in [3.05, 3.63) is 0 Å². The summed E-state index contributed by atoms with van der Waals surface area (Å²) in [5.74, 6) is 0.482. The molecule has 0 amide bonds. The van der Waals surface area contributed by atoms with Gasteiger partial charge in [0.05, 0.1) is 0 Å². The van der Waals surface area contributed by atoms with E-state index in [2.05, 4.69) is 6.92 Å². The van der Waals surface area contributed by atoms with Gasteiger partial charge in [-0.25, -0.2) is 0 Å². The van der Waals surface area contributed by atoms with Gasteiger partial charge in [-0.3, -0.25) is 4.79 Å². The van der Waals surface area contributed by atoms with Crippen molar-refractivity contribution >= 4 is 5.97 Å². The predicted molar refractivity (Wildman–Crippen MR) is 34.1 cm³/mol. The van der Waals surface area contributed by atoms with E-state index in [-0.39, 0.29) is 0 Å². The normalized spacial score (nSPS) is 33.4. The lowest BCUT2D eigenvalue weighted by Crippen LogP contribution is -2.25. The van der Waals surface area contributed by atoms with Crippen LogP contribution in [0.3, 0.4) is 0 Å². The Morgan fingerprint density at radius 1 is 1.67 bits per heavy atom. The molecule has 2 atom stereocenters. The molecule has 0 heterocycles. The Hall–Kier alpha value is -0.530. The van der Waals surface area contributed by atoms with Crippen LogP contribution < -0.4 is 0 Å². The lowest BCUT2D eigenvalue weighted by Gasteiger charge is -2.32. The van der Waals surface area contributed by atoms with E-state index in [1.165, 1.54) is 6.42 Å². The number of hydrogen-bond donors (Lipinski definition) is 1. The quantitative estimate of drug-likeness (QED) is 0.612. The number of hydrogen-bond acceptors (Lipinski definition) is 1. The minimum Gasteiger partial charge on any atom is -0.481 e. The van der Waals surface area contributed by atoms with E-state index >= 15 is 0 Å². The van der Waals surface area contributed by atoms with E-state index in [1.807, 2.05) is 0 Å². The Bertz CT molecular complexity index is 120. The van der Waals surface area contributed by atoms with Crippen LogP contribution in [-0.2, 0) is 4.79 Å². The maximum atomic E-state index is 10.1. The SMILES string of the molecule is CC1CCC1CC(=O)O. The summed E-state index contributed by atoms with van der Waals surface area (Å²) in [6, 6.07) is 0. The Morgan fingerprint density at radius 3 is 2.44 bits per heavy atom. The van der Waals surface area contributed by atoms with Crippen LogP contribution in [0.4, 0.5) is 0 Å². The topological polar surface area (TPSA) is 37.3 Å². The Morgan fingerprint density at radius 2 is 2.33 bits per heavy atom. The molecule has 1 aliphatic carbocycles. The highest BCUT2D eigenvalue weighted by molar-refractivity contribution is 5.67. The Kier molecular flexibility index (Phi) is 1.74. The summed E-state index contributed by atoms with van der Waals surface area (Å²) < 4.78 is 0. The minimum atomic E-state index is -0.647. The van der Waals surface area contributed by atoms with Crippen molar-refractivity contribution in [1.29, 1.82) is 0 Å². The monoisotopic (exact) mass is 128 g/mol. The van der Waals surface area contributed by atoms with Crippen LogP contribution in [0.5, 0.6) is 0 Å². The largest absolute Gasteiger partial charge is 0.481 e. The second kappa shape index (κ2) is 2.38. The zero-order valence-corrected chi connectivity index (χ0v) is 5.63. The summed E-state index contributed by atoms with van der Waals surface area (Å²) in [5.41, 5.74) is 0. The Labute approximate surface area is 54.9 Å². The average molecular weight is 128 g/mol. The molecule has 1 aliphatic rings. The van der Waals surface area contributed by atoms with E-state index in [1.54, 1.807) is 0 Å². The molecule has 1 fully saturated rings. The molecule has 2 heteroatoms. The van der Waals surface area contributed by atoms with Gasteiger partial charge in [-0.2, -0.15) is 0 Å². The van der Waals surface area contributed by atoms with Crippen molar-refractivity contribution < 1.29 is 9.90 Å². The maximum absolute atomic E-state index is 10.1. The zero-order chi connectivity index (χ0) is 6.85. The third-order valence-corrected chi connectivity index (χ3v) is 2.23. The van der Waals surface area contributed by atoms with Crippen LogP contribution in [0.25, 0.3) is 0 Å². The maximum Gasteiger partial charge on any atom is 0.303 e. The molecule has 52 valence electrons. The van der Waals surface area contributed by atoms with Gasteiger partial charge in [0.2, 0.25) is 0 Å². The van der Waals surface area contributed by atoms with Gasteiger partial charge in [-0.1, -0.05) is 13.3 Å². The molecule has 2 unspecified atom stereocenters. The van der Waals surface area contributed by atoms with Crippen molar-refractivity contribution in [3.8, 4) is 0 Å². The predicted octanol–water partition coefficient (Wildman–Crippen LogP) is 1.51. The first-order valence-corrected chi connectivity index (χ1v) is 3.42. The highest BCUT2D eigenvalue weighted by Gasteiger charge is 2.28. The van der Waals surface area contributed by atoms with Gasteiger partial charge in [0.25, 0.3) is 0 Å². The highest BCUT2D eigenvalue weighted by atomic mass is 16.4. The lowest BCUT2D eigenvalue weighted by atomic mass is 9.73.